The van der Waals surface area contributed by atoms with Gasteiger partial charge in [0.1, 0.15) is 0 Å². The second-order valence-electron chi connectivity index (χ2n) is 7.46. The molecule has 1 aliphatic rings. The molecule has 3 rings (SSSR count). The lowest BCUT2D eigenvalue weighted by molar-refractivity contribution is -0.117. The molecule has 1 atom stereocenters. The third kappa shape index (κ3) is 4.33. The Morgan fingerprint density at radius 2 is 1.72 bits per heavy atom. The number of rotatable bonds is 5. The molecule has 29 heavy (non-hydrogen) atoms. The SMILES string of the molecule is Cc1ccc(N2C[C@@H](NC(=O)c3ccc(S(=O)(=O)N(C)C)cc3)CC2=O)cc1C. The Bertz CT molecular complexity index is 1050. The van der Waals surface area contributed by atoms with E-state index in [9.17, 15) is 18.0 Å². The van der Waals surface area contributed by atoms with Gasteiger partial charge in [0, 0.05) is 38.3 Å². The molecular weight excluding hydrogens is 390 g/mol. The molecule has 0 bridgehead atoms. The van der Waals surface area contributed by atoms with Crippen molar-refractivity contribution in [3.8, 4) is 0 Å². The first kappa shape index (κ1) is 21.0. The summed E-state index contributed by atoms with van der Waals surface area (Å²) < 4.78 is 25.4. The average Bonchev–Trinajstić information content (AvgIpc) is 3.04. The molecule has 2 aromatic rings. The lowest BCUT2D eigenvalue weighted by atomic mass is 10.1. The largest absolute Gasteiger partial charge is 0.347 e. The number of aryl methyl sites for hydroxylation is 2. The molecule has 7 nitrogen and oxygen atoms in total. The van der Waals surface area contributed by atoms with E-state index in [0.717, 1.165) is 21.1 Å². The second-order valence-corrected chi connectivity index (χ2v) is 9.61. The number of amides is 2. The number of hydrogen-bond donors (Lipinski definition) is 1. The number of carbonyl (C=O) groups is 2. The summed E-state index contributed by atoms with van der Waals surface area (Å²) in [6.07, 6.45) is 0.228. The Kier molecular flexibility index (Phi) is 5.77. The summed E-state index contributed by atoms with van der Waals surface area (Å²) in [5.74, 6) is -0.371. The van der Waals surface area contributed by atoms with E-state index >= 15 is 0 Å². The fraction of sp³-hybridized carbons (Fsp3) is 0.333. The highest BCUT2D eigenvalue weighted by molar-refractivity contribution is 7.89. The third-order valence-electron chi connectivity index (χ3n) is 5.16. The number of anilines is 1. The summed E-state index contributed by atoms with van der Waals surface area (Å²) >= 11 is 0. The fourth-order valence-electron chi connectivity index (χ4n) is 3.21. The number of sulfonamides is 1. The number of benzene rings is 2. The van der Waals surface area contributed by atoms with Crippen LogP contribution in [-0.4, -0.2) is 51.2 Å². The zero-order chi connectivity index (χ0) is 21.3. The van der Waals surface area contributed by atoms with Gasteiger partial charge in [-0.1, -0.05) is 6.07 Å². The van der Waals surface area contributed by atoms with Crippen LogP contribution in [0, 0.1) is 13.8 Å². The van der Waals surface area contributed by atoms with E-state index in [2.05, 4.69) is 5.32 Å². The smallest absolute Gasteiger partial charge is 0.251 e. The van der Waals surface area contributed by atoms with E-state index in [4.69, 9.17) is 0 Å². The van der Waals surface area contributed by atoms with Gasteiger partial charge in [0.2, 0.25) is 15.9 Å². The Balaban J connectivity index is 1.68. The lowest BCUT2D eigenvalue weighted by Gasteiger charge is -2.18. The predicted octanol–water partition coefficient (Wildman–Crippen LogP) is 2.09. The minimum Gasteiger partial charge on any atom is -0.347 e. The minimum atomic E-state index is -3.54. The molecule has 154 valence electrons. The van der Waals surface area contributed by atoms with Crippen LogP contribution >= 0.6 is 0 Å². The topological polar surface area (TPSA) is 86.8 Å². The zero-order valence-electron chi connectivity index (χ0n) is 17.0. The highest BCUT2D eigenvalue weighted by Gasteiger charge is 2.32. The molecule has 0 spiro atoms. The van der Waals surface area contributed by atoms with Gasteiger partial charge in [-0.3, -0.25) is 9.59 Å². The normalized spacial score (nSPS) is 17.1. The molecule has 1 N–H and O–H groups in total. The van der Waals surface area contributed by atoms with E-state index in [0.29, 0.717) is 12.1 Å². The van der Waals surface area contributed by atoms with Crippen LogP contribution in [0.1, 0.15) is 27.9 Å². The first-order valence-corrected chi connectivity index (χ1v) is 10.7. The van der Waals surface area contributed by atoms with Crippen molar-refractivity contribution >= 4 is 27.5 Å². The predicted molar refractivity (Wildman–Crippen MR) is 111 cm³/mol. The molecule has 0 unspecified atom stereocenters. The van der Waals surface area contributed by atoms with Crippen LogP contribution in [0.15, 0.2) is 47.4 Å². The zero-order valence-corrected chi connectivity index (χ0v) is 17.8. The molecule has 1 heterocycles. The number of carbonyl (C=O) groups excluding carboxylic acids is 2. The molecule has 1 saturated heterocycles. The third-order valence-corrected chi connectivity index (χ3v) is 6.99. The second kappa shape index (κ2) is 7.96. The summed E-state index contributed by atoms with van der Waals surface area (Å²) in [4.78, 5) is 26.8. The molecule has 0 aromatic heterocycles. The van der Waals surface area contributed by atoms with Gasteiger partial charge in [-0.15, -0.1) is 0 Å². The van der Waals surface area contributed by atoms with Gasteiger partial charge in [0.15, 0.2) is 0 Å². The molecule has 1 aliphatic heterocycles. The molecular formula is C21H25N3O4S. The van der Waals surface area contributed by atoms with Crippen molar-refractivity contribution in [2.45, 2.75) is 31.2 Å². The molecule has 0 aliphatic carbocycles. The lowest BCUT2D eigenvalue weighted by Crippen LogP contribution is -2.37. The van der Waals surface area contributed by atoms with Crippen molar-refractivity contribution in [3.63, 3.8) is 0 Å². The quantitative estimate of drug-likeness (QED) is 0.810. The van der Waals surface area contributed by atoms with Crippen LogP contribution in [0.2, 0.25) is 0 Å². The van der Waals surface area contributed by atoms with Crippen LogP contribution in [-0.2, 0) is 14.8 Å². The van der Waals surface area contributed by atoms with E-state index in [-0.39, 0.29) is 29.2 Å². The summed E-state index contributed by atoms with van der Waals surface area (Å²) in [6.45, 7) is 4.42. The summed E-state index contributed by atoms with van der Waals surface area (Å²) in [6, 6.07) is 11.3. The van der Waals surface area contributed by atoms with Crippen LogP contribution < -0.4 is 10.2 Å². The first-order chi connectivity index (χ1) is 13.6. The maximum atomic E-state index is 12.5. The van der Waals surface area contributed by atoms with Crippen LogP contribution in [0.3, 0.4) is 0 Å². The van der Waals surface area contributed by atoms with Crippen molar-refractivity contribution < 1.29 is 18.0 Å². The first-order valence-electron chi connectivity index (χ1n) is 9.30. The fourth-order valence-corrected chi connectivity index (χ4v) is 4.11. The van der Waals surface area contributed by atoms with Crippen molar-refractivity contribution in [2.75, 3.05) is 25.5 Å². The number of nitrogens with one attached hydrogen (secondary N) is 1. The van der Waals surface area contributed by atoms with Crippen molar-refractivity contribution in [3.05, 3.63) is 59.2 Å². The molecule has 0 saturated carbocycles. The van der Waals surface area contributed by atoms with Gasteiger partial charge in [0.05, 0.1) is 10.9 Å². The van der Waals surface area contributed by atoms with Gasteiger partial charge in [-0.2, -0.15) is 0 Å². The van der Waals surface area contributed by atoms with E-state index in [1.807, 2.05) is 32.0 Å². The monoisotopic (exact) mass is 415 g/mol. The van der Waals surface area contributed by atoms with Gasteiger partial charge in [-0.25, -0.2) is 12.7 Å². The van der Waals surface area contributed by atoms with Crippen LogP contribution in [0.4, 0.5) is 5.69 Å². The standard InChI is InChI=1S/C21H25N3O4S/c1-14-5-8-18(11-15(14)2)24-13-17(12-20(24)25)22-21(26)16-6-9-19(10-7-16)29(27,28)23(3)4/h5-11,17H,12-13H2,1-4H3,(H,22,26)/t17-/m0/s1. The molecule has 2 aromatic carbocycles. The Hall–Kier alpha value is -2.71. The van der Waals surface area contributed by atoms with Gasteiger partial charge in [0.25, 0.3) is 5.91 Å². The van der Waals surface area contributed by atoms with E-state index in [1.165, 1.54) is 38.4 Å². The Morgan fingerprint density at radius 3 is 2.31 bits per heavy atom. The maximum Gasteiger partial charge on any atom is 0.251 e. The van der Waals surface area contributed by atoms with Gasteiger partial charge >= 0.3 is 0 Å². The highest BCUT2D eigenvalue weighted by Crippen LogP contribution is 2.24. The summed E-state index contributed by atoms with van der Waals surface area (Å²) in [5, 5.41) is 2.87. The Labute approximate surface area is 171 Å². The maximum absolute atomic E-state index is 12.5. The molecule has 1 fully saturated rings. The van der Waals surface area contributed by atoms with Crippen LogP contribution in [0.5, 0.6) is 0 Å². The van der Waals surface area contributed by atoms with Crippen molar-refractivity contribution in [1.82, 2.24) is 9.62 Å². The van der Waals surface area contributed by atoms with E-state index in [1.54, 1.807) is 4.90 Å². The van der Waals surface area contributed by atoms with Gasteiger partial charge in [-0.05, 0) is 61.4 Å². The van der Waals surface area contributed by atoms with Crippen LogP contribution in [0.25, 0.3) is 0 Å². The number of hydrogen-bond acceptors (Lipinski definition) is 4. The summed E-state index contributed by atoms with van der Waals surface area (Å²) in [5.41, 5.74) is 3.44. The average molecular weight is 416 g/mol. The van der Waals surface area contributed by atoms with Gasteiger partial charge < -0.3 is 10.2 Å². The highest BCUT2D eigenvalue weighted by atomic mass is 32.2. The van der Waals surface area contributed by atoms with Crippen molar-refractivity contribution in [1.29, 1.82) is 0 Å². The summed E-state index contributed by atoms with van der Waals surface area (Å²) in [7, 11) is -0.638. The molecule has 2 amide bonds. The Morgan fingerprint density at radius 1 is 1.07 bits per heavy atom. The minimum absolute atomic E-state index is 0.0361. The van der Waals surface area contributed by atoms with E-state index < -0.39 is 10.0 Å². The molecule has 0 radical (unpaired) electrons. The van der Waals surface area contributed by atoms with Crippen molar-refractivity contribution in [2.24, 2.45) is 0 Å². The molecule has 8 heteroatoms. The number of nitrogens with zero attached hydrogens (tertiary/aromatic N) is 2.